The van der Waals surface area contributed by atoms with E-state index in [2.05, 4.69) is 40.1 Å². The molecule has 0 spiro atoms. The molecule has 1 aliphatic rings. The third kappa shape index (κ3) is 3.76. The second-order valence-electron chi connectivity index (χ2n) is 6.04. The molecule has 0 atom stereocenters. The molecule has 1 N–H and O–H groups in total. The summed E-state index contributed by atoms with van der Waals surface area (Å²) < 4.78 is 0.836. The van der Waals surface area contributed by atoms with Crippen molar-refractivity contribution >= 4 is 27.7 Å². The Morgan fingerprint density at radius 2 is 2.10 bits per heavy atom. The van der Waals surface area contributed by atoms with Crippen LogP contribution in [0.15, 0.2) is 16.7 Å². The van der Waals surface area contributed by atoms with E-state index in [1.54, 1.807) is 6.20 Å². The van der Waals surface area contributed by atoms with E-state index >= 15 is 0 Å². The van der Waals surface area contributed by atoms with Gasteiger partial charge in [-0.3, -0.25) is 4.79 Å². The molecular formula is C16H24BrN3O. The first-order valence-corrected chi connectivity index (χ1v) is 8.47. The SMILES string of the molecule is CCNc1ncc(Br)cc1C(=O)N1CCC(C)(CC)CC1. The molecule has 1 aliphatic heterocycles. The molecule has 0 radical (unpaired) electrons. The number of carbonyl (C=O) groups is 1. The van der Waals surface area contributed by atoms with Crippen LogP contribution in [0.4, 0.5) is 5.82 Å². The van der Waals surface area contributed by atoms with Gasteiger partial charge in [-0.1, -0.05) is 20.3 Å². The number of aromatic nitrogens is 1. The summed E-state index contributed by atoms with van der Waals surface area (Å²) in [6.45, 7) is 8.98. The molecule has 0 aliphatic carbocycles. The van der Waals surface area contributed by atoms with Gasteiger partial charge in [-0.05, 0) is 47.2 Å². The fourth-order valence-corrected chi connectivity index (χ4v) is 3.02. The van der Waals surface area contributed by atoms with Gasteiger partial charge in [0.05, 0.1) is 5.56 Å². The van der Waals surface area contributed by atoms with E-state index < -0.39 is 0 Å². The standard InChI is InChI=1S/C16H24BrN3O/c1-4-16(3)6-8-20(9-7-16)15(21)13-10-12(17)11-19-14(13)18-5-2/h10-11H,4-9H2,1-3H3,(H,18,19). The molecule has 1 aromatic rings. The molecule has 2 rings (SSSR count). The molecule has 0 bridgehead atoms. The average Bonchev–Trinajstić information content (AvgIpc) is 2.49. The zero-order valence-electron chi connectivity index (χ0n) is 13.1. The van der Waals surface area contributed by atoms with E-state index in [9.17, 15) is 4.79 Å². The molecule has 1 aromatic heterocycles. The summed E-state index contributed by atoms with van der Waals surface area (Å²) in [5, 5.41) is 3.17. The first kappa shape index (κ1) is 16.3. The first-order chi connectivity index (χ1) is 9.99. The fraction of sp³-hybridized carbons (Fsp3) is 0.625. The van der Waals surface area contributed by atoms with Crippen molar-refractivity contribution in [3.05, 3.63) is 22.3 Å². The molecule has 0 aromatic carbocycles. The summed E-state index contributed by atoms with van der Waals surface area (Å²) in [4.78, 5) is 19.1. The lowest BCUT2D eigenvalue weighted by atomic mass is 9.78. The van der Waals surface area contributed by atoms with Gasteiger partial charge in [0.1, 0.15) is 5.82 Å². The van der Waals surface area contributed by atoms with E-state index in [1.165, 1.54) is 6.42 Å². The molecule has 116 valence electrons. The molecule has 1 saturated heterocycles. The smallest absolute Gasteiger partial charge is 0.257 e. The molecule has 0 unspecified atom stereocenters. The summed E-state index contributed by atoms with van der Waals surface area (Å²) in [6.07, 6.45) is 5.05. The number of hydrogen-bond donors (Lipinski definition) is 1. The van der Waals surface area contributed by atoms with Crippen molar-refractivity contribution in [2.45, 2.75) is 40.0 Å². The molecule has 21 heavy (non-hydrogen) atoms. The number of hydrogen-bond acceptors (Lipinski definition) is 3. The number of nitrogens with zero attached hydrogens (tertiary/aromatic N) is 2. The van der Waals surface area contributed by atoms with Crippen LogP contribution in [-0.2, 0) is 0 Å². The van der Waals surface area contributed by atoms with Crippen molar-refractivity contribution in [2.24, 2.45) is 5.41 Å². The van der Waals surface area contributed by atoms with Crippen LogP contribution in [-0.4, -0.2) is 35.4 Å². The average molecular weight is 354 g/mol. The Hall–Kier alpha value is -1.10. The van der Waals surface area contributed by atoms with Crippen LogP contribution in [0.3, 0.4) is 0 Å². The molecule has 2 heterocycles. The zero-order chi connectivity index (χ0) is 15.5. The van der Waals surface area contributed by atoms with Gasteiger partial charge in [0.25, 0.3) is 5.91 Å². The van der Waals surface area contributed by atoms with Crippen molar-refractivity contribution in [3.8, 4) is 0 Å². The Morgan fingerprint density at radius 3 is 2.67 bits per heavy atom. The van der Waals surface area contributed by atoms with Gasteiger partial charge in [-0.25, -0.2) is 4.98 Å². The van der Waals surface area contributed by atoms with E-state index in [-0.39, 0.29) is 5.91 Å². The quantitative estimate of drug-likeness (QED) is 0.891. The Bertz CT molecular complexity index is 510. The monoisotopic (exact) mass is 353 g/mol. The number of pyridine rings is 1. The highest BCUT2D eigenvalue weighted by atomic mass is 79.9. The van der Waals surface area contributed by atoms with E-state index in [0.717, 1.165) is 36.9 Å². The lowest BCUT2D eigenvalue weighted by Gasteiger charge is -2.39. The molecular weight excluding hydrogens is 330 g/mol. The predicted octanol–water partition coefficient (Wildman–Crippen LogP) is 3.93. The summed E-state index contributed by atoms with van der Waals surface area (Å²) in [7, 11) is 0. The maximum atomic E-state index is 12.8. The van der Waals surface area contributed by atoms with Crippen molar-refractivity contribution in [1.82, 2.24) is 9.88 Å². The molecule has 1 amide bonds. The third-order valence-corrected chi connectivity index (χ3v) is 4.97. The molecule has 1 fully saturated rings. The van der Waals surface area contributed by atoms with Gasteiger partial charge in [-0.2, -0.15) is 0 Å². The van der Waals surface area contributed by atoms with Crippen LogP contribution in [0, 0.1) is 5.41 Å². The Morgan fingerprint density at radius 1 is 1.43 bits per heavy atom. The highest BCUT2D eigenvalue weighted by molar-refractivity contribution is 9.10. The highest BCUT2D eigenvalue weighted by Crippen LogP contribution is 2.34. The maximum absolute atomic E-state index is 12.8. The summed E-state index contributed by atoms with van der Waals surface area (Å²) in [5.41, 5.74) is 1.04. The molecule has 0 saturated carbocycles. The van der Waals surface area contributed by atoms with Crippen LogP contribution in [0.25, 0.3) is 0 Å². The van der Waals surface area contributed by atoms with Crippen LogP contribution in [0.5, 0.6) is 0 Å². The number of rotatable bonds is 4. The van der Waals surface area contributed by atoms with Crippen molar-refractivity contribution < 1.29 is 4.79 Å². The van der Waals surface area contributed by atoms with Crippen LogP contribution < -0.4 is 5.32 Å². The second-order valence-corrected chi connectivity index (χ2v) is 6.95. The summed E-state index contributed by atoms with van der Waals surface area (Å²) in [5.74, 6) is 0.757. The number of piperidine rings is 1. The van der Waals surface area contributed by atoms with E-state index in [1.807, 2.05) is 17.9 Å². The van der Waals surface area contributed by atoms with Gasteiger partial charge in [-0.15, -0.1) is 0 Å². The Kier molecular flexibility index (Phi) is 5.25. The minimum atomic E-state index is 0.0814. The minimum absolute atomic E-state index is 0.0814. The van der Waals surface area contributed by atoms with E-state index in [4.69, 9.17) is 0 Å². The fourth-order valence-electron chi connectivity index (χ4n) is 2.68. The van der Waals surface area contributed by atoms with Crippen molar-refractivity contribution in [3.63, 3.8) is 0 Å². The topological polar surface area (TPSA) is 45.2 Å². The van der Waals surface area contributed by atoms with Gasteiger partial charge in [0, 0.05) is 30.3 Å². The van der Waals surface area contributed by atoms with Gasteiger partial charge in [0.2, 0.25) is 0 Å². The zero-order valence-corrected chi connectivity index (χ0v) is 14.7. The number of carbonyl (C=O) groups excluding carboxylic acids is 1. The van der Waals surface area contributed by atoms with Gasteiger partial charge >= 0.3 is 0 Å². The Balaban J connectivity index is 2.15. The largest absolute Gasteiger partial charge is 0.370 e. The first-order valence-electron chi connectivity index (χ1n) is 7.68. The van der Waals surface area contributed by atoms with Crippen LogP contribution in [0.1, 0.15) is 50.4 Å². The number of anilines is 1. The summed E-state index contributed by atoms with van der Waals surface area (Å²) >= 11 is 3.41. The van der Waals surface area contributed by atoms with Crippen LogP contribution in [0.2, 0.25) is 0 Å². The number of nitrogens with one attached hydrogen (secondary N) is 1. The van der Waals surface area contributed by atoms with Gasteiger partial charge < -0.3 is 10.2 Å². The normalized spacial score (nSPS) is 17.6. The number of amides is 1. The Labute approximate surface area is 135 Å². The molecule has 5 heteroatoms. The maximum Gasteiger partial charge on any atom is 0.257 e. The highest BCUT2D eigenvalue weighted by Gasteiger charge is 2.31. The number of likely N-dealkylation sites (tertiary alicyclic amines) is 1. The minimum Gasteiger partial charge on any atom is -0.370 e. The van der Waals surface area contributed by atoms with E-state index in [0.29, 0.717) is 16.8 Å². The second kappa shape index (κ2) is 6.77. The van der Waals surface area contributed by atoms with Crippen LogP contribution >= 0.6 is 15.9 Å². The van der Waals surface area contributed by atoms with Crippen molar-refractivity contribution in [1.29, 1.82) is 0 Å². The third-order valence-electron chi connectivity index (χ3n) is 4.54. The van der Waals surface area contributed by atoms with Gasteiger partial charge in [0.15, 0.2) is 0 Å². The van der Waals surface area contributed by atoms with Crippen molar-refractivity contribution in [2.75, 3.05) is 25.0 Å². The predicted molar refractivity (Wildman–Crippen MR) is 89.6 cm³/mol. The lowest BCUT2D eigenvalue weighted by Crippen LogP contribution is -2.42. The number of halogens is 1. The molecule has 4 nitrogen and oxygen atoms in total. The summed E-state index contributed by atoms with van der Waals surface area (Å²) in [6, 6.07) is 1.86. The lowest BCUT2D eigenvalue weighted by molar-refractivity contribution is 0.0601.